The molecule has 0 aliphatic carbocycles. The Labute approximate surface area is 157 Å². The van der Waals surface area contributed by atoms with Gasteiger partial charge in [-0.3, -0.25) is 9.59 Å². The van der Waals surface area contributed by atoms with Crippen molar-refractivity contribution >= 4 is 17.8 Å². The zero-order valence-corrected chi connectivity index (χ0v) is 15.6. The van der Waals surface area contributed by atoms with Gasteiger partial charge in [0.05, 0.1) is 25.7 Å². The lowest BCUT2D eigenvalue weighted by atomic mass is 9.89. The number of methoxy groups -OCH3 is 1. The van der Waals surface area contributed by atoms with Crippen molar-refractivity contribution in [3.63, 3.8) is 0 Å². The number of carbonyl (C=O) groups excluding carboxylic acids is 3. The van der Waals surface area contributed by atoms with Gasteiger partial charge in [-0.05, 0) is 38.0 Å². The third-order valence-corrected chi connectivity index (χ3v) is 4.42. The molecule has 1 N–H and O–H groups in total. The number of halogens is 1. The Hall–Kier alpha value is -2.64. The molecule has 1 aliphatic rings. The molecule has 0 radical (unpaired) electrons. The number of ether oxygens (including phenoxy) is 2. The molecule has 1 fully saturated rings. The van der Waals surface area contributed by atoms with Crippen molar-refractivity contribution in [2.45, 2.75) is 26.2 Å². The molecule has 1 aromatic rings. The van der Waals surface area contributed by atoms with Crippen LogP contribution in [0.1, 0.15) is 36.5 Å². The SMILES string of the molecule is CCOC(=O)CCNC(=O)N1CCC[C@H](C(=O)c2cc(F)ccc2OC)C1. The smallest absolute Gasteiger partial charge is 0.317 e. The van der Waals surface area contributed by atoms with E-state index in [9.17, 15) is 18.8 Å². The van der Waals surface area contributed by atoms with Gasteiger partial charge in [-0.2, -0.15) is 0 Å². The molecule has 1 heterocycles. The molecule has 7 nitrogen and oxygen atoms in total. The van der Waals surface area contributed by atoms with Crippen molar-refractivity contribution in [1.29, 1.82) is 0 Å². The number of benzene rings is 1. The highest BCUT2D eigenvalue weighted by molar-refractivity contribution is 6.00. The molecule has 0 unspecified atom stereocenters. The molecule has 0 spiro atoms. The van der Waals surface area contributed by atoms with Crippen LogP contribution in [0.3, 0.4) is 0 Å². The van der Waals surface area contributed by atoms with Crippen molar-refractivity contribution in [3.05, 3.63) is 29.6 Å². The summed E-state index contributed by atoms with van der Waals surface area (Å²) in [4.78, 5) is 38.0. The van der Waals surface area contributed by atoms with Crippen LogP contribution in [0.25, 0.3) is 0 Å². The number of hydrogen-bond acceptors (Lipinski definition) is 5. The van der Waals surface area contributed by atoms with Gasteiger partial charge in [0.15, 0.2) is 5.78 Å². The fraction of sp³-hybridized carbons (Fsp3) is 0.526. The van der Waals surface area contributed by atoms with Crippen LogP contribution in [0.15, 0.2) is 18.2 Å². The summed E-state index contributed by atoms with van der Waals surface area (Å²) >= 11 is 0. The lowest BCUT2D eigenvalue weighted by molar-refractivity contribution is -0.142. The van der Waals surface area contributed by atoms with Gasteiger partial charge in [0.1, 0.15) is 11.6 Å². The average molecular weight is 380 g/mol. The van der Waals surface area contributed by atoms with E-state index in [1.807, 2.05) is 0 Å². The van der Waals surface area contributed by atoms with E-state index in [2.05, 4.69) is 5.32 Å². The van der Waals surface area contributed by atoms with Crippen LogP contribution in [0.2, 0.25) is 0 Å². The number of ketones is 1. The molecule has 0 aromatic heterocycles. The summed E-state index contributed by atoms with van der Waals surface area (Å²) in [6.45, 7) is 2.95. The Kier molecular flexibility index (Phi) is 7.57. The van der Waals surface area contributed by atoms with Crippen LogP contribution in [-0.4, -0.2) is 56.0 Å². The standard InChI is InChI=1S/C19H25FN2O5/c1-3-27-17(23)8-9-21-19(25)22-10-4-5-13(12-22)18(24)15-11-14(20)6-7-16(15)26-2/h6-7,11,13H,3-5,8-10,12H2,1-2H3,(H,21,25)/t13-/m0/s1. The summed E-state index contributed by atoms with van der Waals surface area (Å²) in [5.41, 5.74) is 0.187. The van der Waals surface area contributed by atoms with Gasteiger partial charge < -0.3 is 19.7 Å². The quantitative estimate of drug-likeness (QED) is 0.580. The monoisotopic (exact) mass is 380 g/mol. The molecule has 1 aromatic carbocycles. The van der Waals surface area contributed by atoms with E-state index in [1.165, 1.54) is 25.3 Å². The number of amides is 2. The first kappa shape index (κ1) is 20.7. The Morgan fingerprint density at radius 2 is 2.11 bits per heavy atom. The Bertz CT molecular complexity index is 695. The van der Waals surface area contributed by atoms with E-state index in [0.29, 0.717) is 31.7 Å². The number of nitrogens with zero attached hydrogens (tertiary/aromatic N) is 1. The van der Waals surface area contributed by atoms with E-state index in [4.69, 9.17) is 9.47 Å². The number of nitrogens with one attached hydrogen (secondary N) is 1. The summed E-state index contributed by atoms with van der Waals surface area (Å²) < 4.78 is 23.5. The maximum absolute atomic E-state index is 13.6. The van der Waals surface area contributed by atoms with Gasteiger partial charge in [0.25, 0.3) is 0 Å². The molecule has 1 aliphatic heterocycles. The molecule has 1 atom stereocenters. The van der Waals surface area contributed by atoms with Gasteiger partial charge in [-0.25, -0.2) is 9.18 Å². The first-order valence-corrected chi connectivity index (χ1v) is 9.02. The molecule has 148 valence electrons. The first-order chi connectivity index (χ1) is 13.0. The molecular weight excluding hydrogens is 355 g/mol. The minimum Gasteiger partial charge on any atom is -0.496 e. The molecule has 0 saturated carbocycles. The number of piperidine rings is 1. The van der Waals surface area contributed by atoms with E-state index in [-0.39, 0.29) is 42.9 Å². The zero-order chi connectivity index (χ0) is 19.8. The number of hydrogen-bond donors (Lipinski definition) is 1. The van der Waals surface area contributed by atoms with E-state index in [0.717, 1.165) is 0 Å². The fourth-order valence-corrected chi connectivity index (χ4v) is 3.08. The normalized spacial score (nSPS) is 16.6. The fourth-order valence-electron chi connectivity index (χ4n) is 3.08. The first-order valence-electron chi connectivity index (χ1n) is 9.02. The number of urea groups is 1. The predicted molar refractivity (Wildman–Crippen MR) is 96.2 cm³/mol. The third-order valence-electron chi connectivity index (χ3n) is 4.42. The predicted octanol–water partition coefficient (Wildman–Crippen LogP) is 2.39. The molecule has 8 heteroatoms. The summed E-state index contributed by atoms with van der Waals surface area (Å²) in [5.74, 6) is -1.23. The Balaban J connectivity index is 1.95. The topological polar surface area (TPSA) is 84.9 Å². The summed E-state index contributed by atoms with van der Waals surface area (Å²) in [7, 11) is 1.42. The van der Waals surface area contributed by atoms with Gasteiger partial charge in [-0.15, -0.1) is 0 Å². The minimum atomic E-state index is -0.511. The highest BCUT2D eigenvalue weighted by Gasteiger charge is 2.30. The molecule has 1 saturated heterocycles. The van der Waals surface area contributed by atoms with Gasteiger partial charge in [0, 0.05) is 25.6 Å². The van der Waals surface area contributed by atoms with Gasteiger partial charge in [0.2, 0.25) is 0 Å². The van der Waals surface area contributed by atoms with Crippen LogP contribution in [0.5, 0.6) is 5.75 Å². The highest BCUT2D eigenvalue weighted by atomic mass is 19.1. The average Bonchev–Trinajstić information content (AvgIpc) is 2.67. The van der Waals surface area contributed by atoms with Crippen LogP contribution in [0, 0.1) is 11.7 Å². The maximum atomic E-state index is 13.6. The number of Topliss-reactive ketones (excluding diaryl/α,β-unsaturated/α-hetero) is 1. The largest absolute Gasteiger partial charge is 0.496 e. The number of carbonyl (C=O) groups is 3. The van der Waals surface area contributed by atoms with Crippen molar-refractivity contribution < 1.29 is 28.2 Å². The lowest BCUT2D eigenvalue weighted by Gasteiger charge is -2.32. The highest BCUT2D eigenvalue weighted by Crippen LogP contribution is 2.27. The van der Waals surface area contributed by atoms with Crippen LogP contribution >= 0.6 is 0 Å². The van der Waals surface area contributed by atoms with Crippen molar-refractivity contribution in [1.82, 2.24) is 10.2 Å². The maximum Gasteiger partial charge on any atom is 0.317 e. The lowest BCUT2D eigenvalue weighted by Crippen LogP contribution is -2.47. The van der Waals surface area contributed by atoms with Crippen LogP contribution < -0.4 is 10.1 Å². The second-order valence-electron chi connectivity index (χ2n) is 6.28. The molecule has 27 heavy (non-hydrogen) atoms. The summed E-state index contributed by atoms with van der Waals surface area (Å²) in [6.07, 6.45) is 1.38. The van der Waals surface area contributed by atoms with E-state index in [1.54, 1.807) is 11.8 Å². The summed E-state index contributed by atoms with van der Waals surface area (Å²) in [6, 6.07) is 3.49. The minimum absolute atomic E-state index is 0.0935. The van der Waals surface area contributed by atoms with Crippen molar-refractivity contribution in [2.24, 2.45) is 5.92 Å². The van der Waals surface area contributed by atoms with E-state index >= 15 is 0 Å². The Morgan fingerprint density at radius 1 is 1.33 bits per heavy atom. The van der Waals surface area contributed by atoms with Crippen LogP contribution in [0.4, 0.5) is 9.18 Å². The number of likely N-dealkylation sites (tertiary alicyclic amines) is 1. The molecule has 2 amide bonds. The van der Waals surface area contributed by atoms with Crippen molar-refractivity contribution in [3.8, 4) is 5.75 Å². The number of rotatable bonds is 7. The second kappa shape index (κ2) is 9.89. The van der Waals surface area contributed by atoms with Gasteiger partial charge >= 0.3 is 12.0 Å². The van der Waals surface area contributed by atoms with Crippen LogP contribution in [-0.2, 0) is 9.53 Å². The molecule has 2 rings (SSSR count). The number of esters is 1. The van der Waals surface area contributed by atoms with Crippen molar-refractivity contribution in [2.75, 3.05) is 33.4 Å². The second-order valence-corrected chi connectivity index (χ2v) is 6.28. The summed E-state index contributed by atoms with van der Waals surface area (Å²) in [5, 5.41) is 2.66. The van der Waals surface area contributed by atoms with E-state index < -0.39 is 11.7 Å². The van der Waals surface area contributed by atoms with Gasteiger partial charge in [-0.1, -0.05) is 0 Å². The molecule has 0 bridgehead atoms. The Morgan fingerprint density at radius 3 is 2.81 bits per heavy atom. The zero-order valence-electron chi connectivity index (χ0n) is 15.6. The molecular formula is C19H25FN2O5. The third kappa shape index (κ3) is 5.67.